The first-order valence-electron chi connectivity index (χ1n) is 4.96. The molecule has 0 aromatic carbocycles. The zero-order valence-corrected chi connectivity index (χ0v) is 9.33. The third kappa shape index (κ3) is 2.43. The SMILES string of the molecule is Nc1cc(C(=O)NC2CCOC2)c(Cl)cn1. The van der Waals surface area contributed by atoms with E-state index >= 15 is 0 Å². The predicted molar refractivity (Wildman–Crippen MR) is 60.3 cm³/mol. The molecule has 1 aromatic heterocycles. The molecule has 1 saturated heterocycles. The predicted octanol–water partition coefficient (Wildman–Crippen LogP) is 0.836. The molecule has 16 heavy (non-hydrogen) atoms. The molecule has 1 aromatic rings. The number of aromatic nitrogens is 1. The van der Waals surface area contributed by atoms with E-state index in [1.807, 2.05) is 0 Å². The van der Waals surface area contributed by atoms with Gasteiger partial charge in [-0.3, -0.25) is 4.79 Å². The van der Waals surface area contributed by atoms with Crippen molar-refractivity contribution < 1.29 is 9.53 Å². The maximum Gasteiger partial charge on any atom is 0.253 e. The lowest BCUT2D eigenvalue weighted by atomic mass is 10.2. The third-order valence-corrected chi connectivity index (χ3v) is 2.69. The molecule has 0 bridgehead atoms. The van der Waals surface area contributed by atoms with Crippen LogP contribution in [-0.4, -0.2) is 30.1 Å². The smallest absolute Gasteiger partial charge is 0.253 e. The van der Waals surface area contributed by atoms with Gasteiger partial charge in [0.15, 0.2) is 0 Å². The van der Waals surface area contributed by atoms with E-state index in [9.17, 15) is 4.79 Å². The Morgan fingerprint density at radius 1 is 1.69 bits per heavy atom. The molecule has 2 rings (SSSR count). The highest BCUT2D eigenvalue weighted by atomic mass is 35.5. The van der Waals surface area contributed by atoms with Crippen molar-refractivity contribution in [2.45, 2.75) is 12.5 Å². The quantitative estimate of drug-likeness (QED) is 0.804. The number of hydrogen-bond donors (Lipinski definition) is 2. The maximum atomic E-state index is 11.8. The summed E-state index contributed by atoms with van der Waals surface area (Å²) in [5, 5.41) is 3.13. The summed E-state index contributed by atoms with van der Waals surface area (Å²) < 4.78 is 5.16. The lowest BCUT2D eigenvalue weighted by Crippen LogP contribution is -2.35. The van der Waals surface area contributed by atoms with E-state index in [0.29, 0.717) is 23.8 Å². The number of hydrogen-bond acceptors (Lipinski definition) is 4. The van der Waals surface area contributed by atoms with Crippen LogP contribution in [0.15, 0.2) is 12.3 Å². The first kappa shape index (κ1) is 11.2. The second-order valence-corrected chi connectivity index (χ2v) is 4.03. The number of amides is 1. The summed E-state index contributed by atoms with van der Waals surface area (Å²) in [6.45, 7) is 1.22. The van der Waals surface area contributed by atoms with Crippen LogP contribution in [0.25, 0.3) is 0 Å². The van der Waals surface area contributed by atoms with Crippen molar-refractivity contribution in [2.75, 3.05) is 18.9 Å². The van der Waals surface area contributed by atoms with E-state index in [4.69, 9.17) is 22.1 Å². The topological polar surface area (TPSA) is 77.2 Å². The molecule has 1 atom stereocenters. The average Bonchev–Trinajstić information content (AvgIpc) is 2.74. The molecule has 3 N–H and O–H groups in total. The Balaban J connectivity index is 2.10. The Morgan fingerprint density at radius 2 is 2.50 bits per heavy atom. The number of halogens is 1. The number of nitrogens with zero attached hydrogens (tertiary/aromatic N) is 1. The second-order valence-electron chi connectivity index (χ2n) is 3.62. The van der Waals surface area contributed by atoms with Gasteiger partial charge < -0.3 is 15.8 Å². The number of carbonyl (C=O) groups excluding carboxylic acids is 1. The van der Waals surface area contributed by atoms with E-state index in [1.165, 1.54) is 12.3 Å². The lowest BCUT2D eigenvalue weighted by molar-refractivity contribution is 0.0930. The van der Waals surface area contributed by atoms with Crippen LogP contribution in [0.1, 0.15) is 16.8 Å². The van der Waals surface area contributed by atoms with Gasteiger partial charge in [0, 0.05) is 12.8 Å². The van der Waals surface area contributed by atoms with Gasteiger partial charge in [-0.1, -0.05) is 11.6 Å². The van der Waals surface area contributed by atoms with Gasteiger partial charge in [0.2, 0.25) is 0 Å². The van der Waals surface area contributed by atoms with Crippen LogP contribution in [0.5, 0.6) is 0 Å². The number of nitrogens with two attached hydrogens (primary N) is 1. The van der Waals surface area contributed by atoms with E-state index < -0.39 is 0 Å². The first-order valence-corrected chi connectivity index (χ1v) is 5.34. The van der Waals surface area contributed by atoms with Crippen molar-refractivity contribution in [3.63, 3.8) is 0 Å². The molecular weight excluding hydrogens is 230 g/mol. The minimum absolute atomic E-state index is 0.0537. The highest BCUT2D eigenvalue weighted by Crippen LogP contribution is 2.17. The van der Waals surface area contributed by atoms with Crippen molar-refractivity contribution in [1.82, 2.24) is 10.3 Å². The highest BCUT2D eigenvalue weighted by molar-refractivity contribution is 6.33. The minimum Gasteiger partial charge on any atom is -0.384 e. The summed E-state index contributed by atoms with van der Waals surface area (Å²) >= 11 is 5.87. The molecule has 5 nitrogen and oxygen atoms in total. The fourth-order valence-corrected chi connectivity index (χ4v) is 1.73. The Labute approximate surface area is 97.9 Å². The summed E-state index contributed by atoms with van der Waals surface area (Å²) in [4.78, 5) is 15.6. The number of carbonyl (C=O) groups is 1. The zero-order valence-electron chi connectivity index (χ0n) is 8.57. The summed E-state index contributed by atoms with van der Waals surface area (Å²) in [5.41, 5.74) is 5.85. The van der Waals surface area contributed by atoms with E-state index in [1.54, 1.807) is 0 Å². The molecular formula is C10H12ClN3O2. The molecule has 1 amide bonds. The second kappa shape index (κ2) is 4.67. The standard InChI is InChI=1S/C10H12ClN3O2/c11-8-4-13-9(12)3-7(8)10(15)14-6-1-2-16-5-6/h3-4,6H,1-2,5H2,(H2,12,13)(H,14,15). The fraction of sp³-hybridized carbons (Fsp3) is 0.400. The molecule has 0 aliphatic carbocycles. The third-order valence-electron chi connectivity index (χ3n) is 2.39. The van der Waals surface area contributed by atoms with Gasteiger partial charge in [0.05, 0.1) is 23.2 Å². The number of pyridine rings is 1. The Kier molecular flexibility index (Phi) is 3.26. The van der Waals surface area contributed by atoms with Crippen molar-refractivity contribution >= 4 is 23.3 Å². The van der Waals surface area contributed by atoms with E-state index in [2.05, 4.69) is 10.3 Å². The summed E-state index contributed by atoms with van der Waals surface area (Å²) in [6, 6.07) is 1.52. The average molecular weight is 242 g/mol. The van der Waals surface area contributed by atoms with Gasteiger partial charge in [0.25, 0.3) is 5.91 Å². The van der Waals surface area contributed by atoms with Gasteiger partial charge in [-0.25, -0.2) is 4.98 Å². The molecule has 0 saturated carbocycles. The molecule has 86 valence electrons. The maximum absolute atomic E-state index is 11.8. The van der Waals surface area contributed by atoms with Gasteiger partial charge in [-0.2, -0.15) is 0 Å². The van der Waals surface area contributed by atoms with Crippen LogP contribution in [0, 0.1) is 0 Å². The van der Waals surface area contributed by atoms with Crippen LogP contribution in [0.4, 0.5) is 5.82 Å². The monoisotopic (exact) mass is 241 g/mol. The van der Waals surface area contributed by atoms with Crippen LogP contribution in [-0.2, 0) is 4.74 Å². The largest absolute Gasteiger partial charge is 0.384 e. The highest BCUT2D eigenvalue weighted by Gasteiger charge is 2.20. The number of anilines is 1. The lowest BCUT2D eigenvalue weighted by Gasteiger charge is -2.11. The van der Waals surface area contributed by atoms with Crippen molar-refractivity contribution in [1.29, 1.82) is 0 Å². The van der Waals surface area contributed by atoms with Crippen LogP contribution < -0.4 is 11.1 Å². The van der Waals surface area contributed by atoms with Crippen molar-refractivity contribution in [2.24, 2.45) is 0 Å². The van der Waals surface area contributed by atoms with Gasteiger partial charge in [0.1, 0.15) is 5.82 Å². The van der Waals surface area contributed by atoms with Crippen LogP contribution in [0.3, 0.4) is 0 Å². The molecule has 1 aliphatic heterocycles. The molecule has 1 unspecified atom stereocenters. The fourth-order valence-electron chi connectivity index (χ4n) is 1.54. The Morgan fingerprint density at radius 3 is 3.19 bits per heavy atom. The number of ether oxygens (including phenoxy) is 1. The molecule has 0 spiro atoms. The Bertz CT molecular complexity index is 405. The first-order chi connectivity index (χ1) is 7.66. The van der Waals surface area contributed by atoms with Crippen LogP contribution in [0.2, 0.25) is 5.02 Å². The van der Waals surface area contributed by atoms with Crippen molar-refractivity contribution in [3.8, 4) is 0 Å². The molecule has 2 heterocycles. The van der Waals surface area contributed by atoms with Crippen LogP contribution >= 0.6 is 11.6 Å². The van der Waals surface area contributed by atoms with Crippen molar-refractivity contribution in [3.05, 3.63) is 22.8 Å². The molecule has 1 fully saturated rings. The number of rotatable bonds is 2. The summed E-state index contributed by atoms with van der Waals surface area (Å²) in [5.74, 6) is 0.0341. The van der Waals surface area contributed by atoms with E-state index in [-0.39, 0.29) is 17.8 Å². The zero-order chi connectivity index (χ0) is 11.5. The minimum atomic E-state index is -0.241. The Hall–Kier alpha value is -1.33. The van der Waals surface area contributed by atoms with Gasteiger partial charge in [-0.05, 0) is 12.5 Å². The summed E-state index contributed by atoms with van der Waals surface area (Å²) in [6.07, 6.45) is 2.20. The van der Waals surface area contributed by atoms with Gasteiger partial charge in [-0.15, -0.1) is 0 Å². The van der Waals surface area contributed by atoms with Gasteiger partial charge >= 0.3 is 0 Å². The normalized spacial score (nSPS) is 19.7. The molecule has 6 heteroatoms. The number of nitrogen functional groups attached to an aromatic ring is 1. The molecule has 0 radical (unpaired) electrons. The number of nitrogens with one attached hydrogen (secondary N) is 1. The molecule has 1 aliphatic rings. The summed E-state index contributed by atoms with van der Waals surface area (Å²) in [7, 11) is 0. The van der Waals surface area contributed by atoms with E-state index in [0.717, 1.165) is 6.42 Å².